The van der Waals surface area contributed by atoms with Crippen molar-refractivity contribution >= 4 is 0 Å². The van der Waals surface area contributed by atoms with E-state index in [9.17, 15) is 0 Å². The number of aryl methyl sites for hydroxylation is 1. The van der Waals surface area contributed by atoms with Gasteiger partial charge in [0.1, 0.15) is 0 Å². The highest BCUT2D eigenvalue weighted by Gasteiger charge is 2.24. The average molecular weight is 191 g/mol. The second-order valence-corrected chi connectivity index (χ2v) is 4.60. The molecule has 1 N–H and O–H groups in total. The Morgan fingerprint density at radius 3 is 2.93 bits per heavy atom. The maximum atomic E-state index is 4.26. The Hall–Kier alpha value is -0.830. The number of rotatable bonds is 4. The molecule has 0 aromatic carbocycles. The van der Waals surface area contributed by atoms with Crippen molar-refractivity contribution in [1.29, 1.82) is 0 Å². The van der Waals surface area contributed by atoms with Crippen LogP contribution in [0.3, 0.4) is 0 Å². The lowest BCUT2D eigenvalue weighted by molar-refractivity contribution is 0.419. The summed E-state index contributed by atoms with van der Waals surface area (Å²) in [5.74, 6) is 1.74. The van der Waals surface area contributed by atoms with Crippen LogP contribution in [-0.2, 0) is 6.54 Å². The van der Waals surface area contributed by atoms with Gasteiger partial charge < -0.3 is 9.88 Å². The summed E-state index contributed by atoms with van der Waals surface area (Å²) in [5, 5.41) is 3.31. The average Bonchev–Trinajstić information content (AvgIpc) is 2.82. The third kappa shape index (κ3) is 1.57. The highest BCUT2D eigenvalue weighted by molar-refractivity contribution is 5.11. The molecule has 14 heavy (non-hydrogen) atoms. The topological polar surface area (TPSA) is 29.9 Å². The predicted octanol–water partition coefficient (Wildman–Crippen LogP) is 1.37. The van der Waals surface area contributed by atoms with Gasteiger partial charge in [0, 0.05) is 37.4 Å². The van der Waals surface area contributed by atoms with E-state index in [1.807, 2.05) is 12.5 Å². The SMILES string of the molecule is c1ncn(CCC2CC2)c1C1CNC1. The van der Waals surface area contributed by atoms with E-state index >= 15 is 0 Å². The molecule has 0 spiro atoms. The van der Waals surface area contributed by atoms with Crippen molar-refractivity contribution < 1.29 is 0 Å². The summed E-state index contributed by atoms with van der Waals surface area (Å²) in [6, 6.07) is 0. The Morgan fingerprint density at radius 2 is 2.29 bits per heavy atom. The fraction of sp³-hybridized carbons (Fsp3) is 0.727. The van der Waals surface area contributed by atoms with E-state index in [-0.39, 0.29) is 0 Å². The summed E-state index contributed by atoms with van der Waals surface area (Å²) in [6.07, 6.45) is 8.29. The van der Waals surface area contributed by atoms with Crippen LogP contribution in [-0.4, -0.2) is 22.6 Å². The molecule has 0 unspecified atom stereocenters. The molecule has 1 saturated heterocycles. The zero-order chi connectivity index (χ0) is 9.38. The van der Waals surface area contributed by atoms with Gasteiger partial charge in [0.05, 0.1) is 6.33 Å². The number of hydrogen-bond donors (Lipinski definition) is 1. The van der Waals surface area contributed by atoms with Crippen molar-refractivity contribution in [2.45, 2.75) is 31.7 Å². The molecule has 1 aromatic rings. The molecular formula is C11H17N3. The van der Waals surface area contributed by atoms with Crippen molar-refractivity contribution in [3.05, 3.63) is 18.2 Å². The smallest absolute Gasteiger partial charge is 0.0948 e. The van der Waals surface area contributed by atoms with Gasteiger partial charge in [-0.25, -0.2) is 4.98 Å². The van der Waals surface area contributed by atoms with Crippen molar-refractivity contribution in [3.8, 4) is 0 Å². The first kappa shape index (κ1) is 8.48. The van der Waals surface area contributed by atoms with Crippen LogP contribution in [0.4, 0.5) is 0 Å². The van der Waals surface area contributed by atoms with E-state index in [2.05, 4.69) is 14.9 Å². The Morgan fingerprint density at radius 1 is 1.43 bits per heavy atom. The van der Waals surface area contributed by atoms with Crippen molar-refractivity contribution in [2.75, 3.05) is 13.1 Å². The van der Waals surface area contributed by atoms with E-state index in [0.29, 0.717) is 0 Å². The second kappa shape index (κ2) is 3.39. The molecule has 76 valence electrons. The van der Waals surface area contributed by atoms with Crippen molar-refractivity contribution in [1.82, 2.24) is 14.9 Å². The Labute approximate surface area is 84.5 Å². The standard InChI is InChI=1S/C11H17N3/c1-2-9(1)3-4-14-8-13-7-11(14)10-5-12-6-10/h7-10,12H,1-6H2. The van der Waals surface area contributed by atoms with Crippen molar-refractivity contribution in [2.24, 2.45) is 5.92 Å². The number of hydrogen-bond acceptors (Lipinski definition) is 2. The van der Waals surface area contributed by atoms with E-state index in [1.165, 1.54) is 31.5 Å². The molecular weight excluding hydrogens is 174 g/mol. The quantitative estimate of drug-likeness (QED) is 0.779. The van der Waals surface area contributed by atoms with Crippen LogP contribution in [0, 0.1) is 5.92 Å². The Kier molecular flexibility index (Phi) is 2.05. The number of imidazole rings is 1. The molecule has 0 amide bonds. The summed E-state index contributed by atoms with van der Waals surface area (Å²) in [5.41, 5.74) is 1.43. The summed E-state index contributed by atoms with van der Waals surface area (Å²) < 4.78 is 2.35. The molecule has 1 aliphatic carbocycles. The summed E-state index contributed by atoms with van der Waals surface area (Å²) in [6.45, 7) is 3.45. The van der Waals surface area contributed by atoms with Gasteiger partial charge in [-0.15, -0.1) is 0 Å². The molecule has 0 radical (unpaired) electrons. The van der Waals surface area contributed by atoms with Gasteiger partial charge in [-0.2, -0.15) is 0 Å². The molecule has 2 aliphatic rings. The normalized spacial score (nSPS) is 22.3. The van der Waals surface area contributed by atoms with Gasteiger partial charge in [0.15, 0.2) is 0 Å². The molecule has 1 saturated carbocycles. The fourth-order valence-electron chi connectivity index (χ4n) is 2.08. The van der Waals surface area contributed by atoms with E-state index in [4.69, 9.17) is 0 Å². The van der Waals surface area contributed by atoms with Gasteiger partial charge >= 0.3 is 0 Å². The van der Waals surface area contributed by atoms with Crippen LogP contribution in [0.5, 0.6) is 0 Å². The largest absolute Gasteiger partial charge is 0.334 e. The first-order valence-corrected chi connectivity index (χ1v) is 5.64. The van der Waals surface area contributed by atoms with Crippen LogP contribution in [0.1, 0.15) is 30.9 Å². The minimum absolute atomic E-state index is 0.719. The molecule has 0 atom stereocenters. The number of nitrogens with zero attached hydrogens (tertiary/aromatic N) is 2. The highest BCUT2D eigenvalue weighted by atomic mass is 15.1. The minimum atomic E-state index is 0.719. The molecule has 2 fully saturated rings. The van der Waals surface area contributed by atoms with Gasteiger partial charge in [-0.3, -0.25) is 0 Å². The molecule has 1 aliphatic heterocycles. The zero-order valence-corrected chi connectivity index (χ0v) is 8.45. The molecule has 1 aromatic heterocycles. The van der Waals surface area contributed by atoms with Gasteiger partial charge in [-0.1, -0.05) is 12.8 Å². The van der Waals surface area contributed by atoms with Gasteiger partial charge in [0.2, 0.25) is 0 Å². The third-order valence-corrected chi connectivity index (χ3v) is 3.42. The molecule has 3 rings (SSSR count). The maximum absolute atomic E-state index is 4.26. The molecule has 0 bridgehead atoms. The maximum Gasteiger partial charge on any atom is 0.0948 e. The third-order valence-electron chi connectivity index (χ3n) is 3.42. The molecule has 3 heteroatoms. The predicted molar refractivity (Wildman–Crippen MR) is 55.2 cm³/mol. The first-order chi connectivity index (χ1) is 6.93. The minimum Gasteiger partial charge on any atom is -0.334 e. The summed E-state index contributed by atoms with van der Waals surface area (Å²) in [4.78, 5) is 4.26. The van der Waals surface area contributed by atoms with E-state index < -0.39 is 0 Å². The highest BCUT2D eigenvalue weighted by Crippen LogP contribution is 2.33. The number of aromatic nitrogens is 2. The Bertz CT molecular complexity index is 310. The van der Waals surface area contributed by atoms with Crippen molar-refractivity contribution in [3.63, 3.8) is 0 Å². The first-order valence-electron chi connectivity index (χ1n) is 5.64. The molecule has 2 heterocycles. The van der Waals surface area contributed by atoms with Gasteiger partial charge in [0.25, 0.3) is 0 Å². The lowest BCUT2D eigenvalue weighted by Crippen LogP contribution is -2.40. The fourth-order valence-corrected chi connectivity index (χ4v) is 2.08. The number of nitrogens with one attached hydrogen (secondary N) is 1. The van der Waals surface area contributed by atoms with Gasteiger partial charge in [-0.05, 0) is 12.3 Å². The zero-order valence-electron chi connectivity index (χ0n) is 8.45. The van der Waals surface area contributed by atoms with Crippen LogP contribution in [0.2, 0.25) is 0 Å². The van der Waals surface area contributed by atoms with Crippen LogP contribution >= 0.6 is 0 Å². The van der Waals surface area contributed by atoms with Crippen LogP contribution in [0.15, 0.2) is 12.5 Å². The molecule has 3 nitrogen and oxygen atoms in total. The summed E-state index contributed by atoms with van der Waals surface area (Å²) >= 11 is 0. The monoisotopic (exact) mass is 191 g/mol. The van der Waals surface area contributed by atoms with E-state index in [1.54, 1.807) is 0 Å². The van der Waals surface area contributed by atoms with Crippen LogP contribution < -0.4 is 5.32 Å². The summed E-state index contributed by atoms with van der Waals surface area (Å²) in [7, 11) is 0. The lowest BCUT2D eigenvalue weighted by atomic mass is 10.00. The van der Waals surface area contributed by atoms with E-state index in [0.717, 1.165) is 24.9 Å². The second-order valence-electron chi connectivity index (χ2n) is 4.60. The van der Waals surface area contributed by atoms with Crippen LogP contribution in [0.25, 0.3) is 0 Å². The Balaban J connectivity index is 1.65. The lowest BCUT2D eigenvalue weighted by Gasteiger charge is -2.27.